The van der Waals surface area contributed by atoms with Gasteiger partial charge in [-0.3, -0.25) is 0 Å². The molecule has 146 valence electrons. The van der Waals surface area contributed by atoms with E-state index in [1.54, 1.807) is 14.2 Å². The van der Waals surface area contributed by atoms with Crippen LogP contribution in [0, 0.1) is 6.92 Å². The van der Waals surface area contributed by atoms with Gasteiger partial charge in [0.15, 0.2) is 11.5 Å². The Labute approximate surface area is 169 Å². The van der Waals surface area contributed by atoms with Crippen LogP contribution in [0.15, 0.2) is 67.0 Å². The number of anilines is 2. The summed E-state index contributed by atoms with van der Waals surface area (Å²) in [6, 6.07) is 19.3. The maximum atomic E-state index is 5.91. The number of aromatic nitrogens is 2. The molecule has 0 spiro atoms. The van der Waals surface area contributed by atoms with Crippen LogP contribution < -0.4 is 19.5 Å². The van der Waals surface area contributed by atoms with Crippen LogP contribution in [-0.2, 0) is 0 Å². The summed E-state index contributed by atoms with van der Waals surface area (Å²) in [5.41, 5.74) is 2.73. The minimum absolute atomic E-state index is 0.626. The summed E-state index contributed by atoms with van der Waals surface area (Å²) in [7, 11) is 3.21. The summed E-state index contributed by atoms with van der Waals surface area (Å²) in [4.78, 5) is 8.76. The van der Waals surface area contributed by atoms with E-state index in [-0.39, 0.29) is 0 Å². The highest BCUT2D eigenvalue weighted by atomic mass is 16.5. The van der Waals surface area contributed by atoms with E-state index in [0.717, 1.165) is 33.7 Å². The molecule has 0 amide bonds. The fourth-order valence-corrected chi connectivity index (χ4v) is 3.07. The summed E-state index contributed by atoms with van der Waals surface area (Å²) < 4.78 is 16.7. The van der Waals surface area contributed by atoms with Crippen LogP contribution in [0.5, 0.6) is 23.0 Å². The van der Waals surface area contributed by atoms with Crippen molar-refractivity contribution in [3.05, 3.63) is 72.6 Å². The van der Waals surface area contributed by atoms with Crippen LogP contribution in [0.2, 0.25) is 0 Å². The van der Waals surface area contributed by atoms with E-state index in [1.165, 1.54) is 6.33 Å². The van der Waals surface area contributed by atoms with Crippen LogP contribution in [0.3, 0.4) is 0 Å². The Kier molecular flexibility index (Phi) is 5.16. The van der Waals surface area contributed by atoms with E-state index in [9.17, 15) is 0 Å². The van der Waals surface area contributed by atoms with Crippen LogP contribution in [0.1, 0.15) is 5.56 Å². The number of para-hydroxylation sites is 1. The summed E-state index contributed by atoms with van der Waals surface area (Å²) >= 11 is 0. The van der Waals surface area contributed by atoms with Crippen LogP contribution >= 0.6 is 0 Å². The zero-order chi connectivity index (χ0) is 20.2. The van der Waals surface area contributed by atoms with E-state index >= 15 is 0 Å². The van der Waals surface area contributed by atoms with Gasteiger partial charge in [0.05, 0.1) is 19.7 Å². The second-order valence-electron chi connectivity index (χ2n) is 6.46. The molecule has 4 rings (SSSR count). The number of fused-ring (bicyclic) bond motifs is 1. The summed E-state index contributed by atoms with van der Waals surface area (Å²) in [6.45, 7) is 2.02. The maximum absolute atomic E-state index is 5.91. The smallest absolute Gasteiger partial charge is 0.162 e. The van der Waals surface area contributed by atoms with Crippen molar-refractivity contribution in [2.75, 3.05) is 19.5 Å². The van der Waals surface area contributed by atoms with E-state index in [0.29, 0.717) is 17.3 Å². The number of hydrogen-bond acceptors (Lipinski definition) is 6. The maximum Gasteiger partial charge on any atom is 0.162 e. The predicted octanol–water partition coefficient (Wildman–Crippen LogP) is 5.49. The second-order valence-corrected chi connectivity index (χ2v) is 6.46. The third kappa shape index (κ3) is 3.91. The van der Waals surface area contributed by atoms with Crippen LogP contribution in [0.4, 0.5) is 11.5 Å². The van der Waals surface area contributed by atoms with Gasteiger partial charge < -0.3 is 19.5 Å². The molecule has 3 aromatic carbocycles. The third-order valence-electron chi connectivity index (χ3n) is 4.57. The number of ether oxygens (including phenoxy) is 3. The van der Waals surface area contributed by atoms with Gasteiger partial charge in [0.25, 0.3) is 0 Å². The number of methoxy groups -OCH3 is 2. The molecule has 0 radical (unpaired) electrons. The van der Waals surface area contributed by atoms with Crippen molar-refractivity contribution >= 4 is 22.4 Å². The minimum Gasteiger partial charge on any atom is -0.493 e. The van der Waals surface area contributed by atoms with Gasteiger partial charge in [-0.1, -0.05) is 18.2 Å². The Morgan fingerprint density at radius 1 is 0.793 bits per heavy atom. The Morgan fingerprint density at radius 3 is 2.28 bits per heavy atom. The molecule has 0 atom stereocenters. The summed E-state index contributed by atoms with van der Waals surface area (Å²) in [6.07, 6.45) is 1.53. The number of benzene rings is 3. The second kappa shape index (κ2) is 8.06. The number of nitrogens with one attached hydrogen (secondary N) is 1. The standard InChI is InChI=1S/C23H21N3O3/c1-15-11-17(29-16-7-5-4-6-8-16)9-10-19(15)26-23-18-12-21(27-2)22(28-3)13-20(18)24-14-25-23/h4-14H,1-3H3,(H,24,25,26). The third-order valence-corrected chi connectivity index (χ3v) is 4.57. The van der Waals surface area contributed by atoms with Crippen molar-refractivity contribution in [1.29, 1.82) is 0 Å². The molecule has 0 saturated heterocycles. The molecule has 0 bridgehead atoms. The van der Waals surface area contributed by atoms with Crippen molar-refractivity contribution in [1.82, 2.24) is 9.97 Å². The molecule has 0 saturated carbocycles. The van der Waals surface area contributed by atoms with Gasteiger partial charge in [0.2, 0.25) is 0 Å². The Bertz CT molecular complexity index is 1150. The molecule has 0 aliphatic carbocycles. The molecule has 0 aliphatic rings. The van der Waals surface area contributed by atoms with Crippen molar-refractivity contribution in [3.8, 4) is 23.0 Å². The van der Waals surface area contributed by atoms with Gasteiger partial charge in [0.1, 0.15) is 23.6 Å². The molecule has 1 N–H and O–H groups in total. The normalized spacial score (nSPS) is 10.6. The van der Waals surface area contributed by atoms with Crippen molar-refractivity contribution in [2.24, 2.45) is 0 Å². The van der Waals surface area contributed by atoms with Crippen molar-refractivity contribution in [2.45, 2.75) is 6.92 Å². The summed E-state index contributed by atoms with van der Waals surface area (Å²) in [5, 5.41) is 4.23. The van der Waals surface area contributed by atoms with Gasteiger partial charge in [-0.2, -0.15) is 0 Å². The zero-order valence-corrected chi connectivity index (χ0v) is 16.5. The minimum atomic E-state index is 0.626. The Morgan fingerprint density at radius 2 is 1.55 bits per heavy atom. The number of aryl methyl sites for hydroxylation is 1. The first-order valence-corrected chi connectivity index (χ1v) is 9.15. The van der Waals surface area contributed by atoms with Gasteiger partial charge in [-0.05, 0) is 48.9 Å². The first-order chi connectivity index (χ1) is 14.2. The lowest BCUT2D eigenvalue weighted by Gasteiger charge is -2.14. The lowest BCUT2D eigenvalue weighted by atomic mass is 10.1. The number of nitrogens with zero attached hydrogens (tertiary/aromatic N) is 2. The van der Waals surface area contributed by atoms with E-state index in [2.05, 4.69) is 15.3 Å². The highest BCUT2D eigenvalue weighted by Gasteiger charge is 2.12. The average molecular weight is 387 g/mol. The average Bonchev–Trinajstić information content (AvgIpc) is 2.75. The monoisotopic (exact) mass is 387 g/mol. The largest absolute Gasteiger partial charge is 0.493 e. The molecule has 4 aromatic rings. The van der Waals surface area contributed by atoms with Gasteiger partial charge >= 0.3 is 0 Å². The van der Waals surface area contributed by atoms with Crippen LogP contribution in [0.25, 0.3) is 10.9 Å². The molecule has 0 aliphatic heterocycles. The molecule has 6 heteroatoms. The van der Waals surface area contributed by atoms with Crippen LogP contribution in [-0.4, -0.2) is 24.2 Å². The number of hydrogen-bond donors (Lipinski definition) is 1. The number of rotatable bonds is 6. The topological polar surface area (TPSA) is 65.5 Å². The van der Waals surface area contributed by atoms with Gasteiger partial charge in [0, 0.05) is 17.1 Å². The quantitative estimate of drug-likeness (QED) is 0.472. The molecular weight excluding hydrogens is 366 g/mol. The van der Waals surface area contributed by atoms with E-state index in [1.807, 2.05) is 67.6 Å². The fourth-order valence-electron chi connectivity index (χ4n) is 3.07. The van der Waals surface area contributed by atoms with Gasteiger partial charge in [-0.25, -0.2) is 9.97 Å². The van der Waals surface area contributed by atoms with E-state index in [4.69, 9.17) is 14.2 Å². The molecule has 0 unspecified atom stereocenters. The lowest BCUT2D eigenvalue weighted by molar-refractivity contribution is 0.356. The Hall–Kier alpha value is -3.80. The zero-order valence-electron chi connectivity index (χ0n) is 16.5. The molecule has 1 heterocycles. The van der Waals surface area contributed by atoms with Crippen molar-refractivity contribution < 1.29 is 14.2 Å². The molecule has 6 nitrogen and oxygen atoms in total. The molecule has 0 fully saturated rings. The first kappa shape index (κ1) is 18.6. The highest BCUT2D eigenvalue weighted by molar-refractivity contribution is 5.93. The van der Waals surface area contributed by atoms with Gasteiger partial charge in [-0.15, -0.1) is 0 Å². The molecular formula is C23H21N3O3. The Balaban J connectivity index is 1.64. The molecule has 1 aromatic heterocycles. The predicted molar refractivity (Wildman–Crippen MR) is 114 cm³/mol. The SMILES string of the molecule is COc1cc2ncnc(Nc3ccc(Oc4ccccc4)cc3C)c2cc1OC. The lowest BCUT2D eigenvalue weighted by Crippen LogP contribution is -1.99. The fraction of sp³-hybridized carbons (Fsp3) is 0.130. The summed E-state index contributed by atoms with van der Waals surface area (Å²) in [5.74, 6) is 3.52. The van der Waals surface area contributed by atoms with Crippen molar-refractivity contribution in [3.63, 3.8) is 0 Å². The molecule has 29 heavy (non-hydrogen) atoms. The van der Waals surface area contributed by atoms with E-state index < -0.39 is 0 Å². The first-order valence-electron chi connectivity index (χ1n) is 9.15. The highest BCUT2D eigenvalue weighted by Crippen LogP contribution is 2.35.